The summed E-state index contributed by atoms with van der Waals surface area (Å²) in [5.41, 5.74) is 0.0549. The van der Waals surface area contributed by atoms with Crippen molar-refractivity contribution in [1.82, 2.24) is 20.0 Å². The molecule has 25 heavy (non-hydrogen) atoms. The van der Waals surface area contributed by atoms with Crippen molar-refractivity contribution in [1.29, 1.82) is 0 Å². The summed E-state index contributed by atoms with van der Waals surface area (Å²) in [6.45, 7) is 1.99. The zero-order chi connectivity index (χ0) is 17.9. The molecule has 9 heteroatoms. The summed E-state index contributed by atoms with van der Waals surface area (Å²) in [5, 5.41) is 17.0. The van der Waals surface area contributed by atoms with E-state index >= 15 is 0 Å². The highest BCUT2D eigenvalue weighted by Crippen LogP contribution is 2.31. The van der Waals surface area contributed by atoms with E-state index in [0.29, 0.717) is 31.9 Å². The highest BCUT2D eigenvalue weighted by molar-refractivity contribution is 5.42. The minimum atomic E-state index is -4.36. The molecule has 0 unspecified atom stereocenters. The molecule has 3 rings (SSSR count). The monoisotopic (exact) mass is 355 g/mol. The molecule has 0 radical (unpaired) electrons. The third-order valence-electron chi connectivity index (χ3n) is 4.32. The molecule has 1 fully saturated rings. The van der Waals surface area contributed by atoms with Gasteiger partial charge in [0, 0.05) is 45.1 Å². The van der Waals surface area contributed by atoms with Crippen LogP contribution in [0.5, 0.6) is 0 Å². The predicted molar refractivity (Wildman–Crippen MR) is 85.0 cm³/mol. The summed E-state index contributed by atoms with van der Waals surface area (Å²) in [6, 6.07) is 2.10. The number of hydrogen-bond donors (Lipinski definition) is 1. The minimum absolute atomic E-state index is 0.0249. The molecule has 1 saturated heterocycles. The smallest absolute Gasteiger partial charge is 0.396 e. The Balaban J connectivity index is 1.66. The summed E-state index contributed by atoms with van der Waals surface area (Å²) in [5.74, 6) is 0.618. The largest absolute Gasteiger partial charge is 0.416 e. The Labute approximate surface area is 143 Å². The Morgan fingerprint density at radius 1 is 1.32 bits per heavy atom. The highest BCUT2D eigenvalue weighted by Gasteiger charge is 2.31. The van der Waals surface area contributed by atoms with Gasteiger partial charge in [-0.25, -0.2) is 4.98 Å². The standard InChI is InChI=1S/C16H20F3N5O/c17-16(18,19)13-3-5-20-15(8-13)23-6-1-2-12(9-23)10-24-11-14(4-7-25)21-22-24/h3,5,8,11-12,25H,1-2,4,6-7,9-10H2/t12-/m0/s1. The lowest BCUT2D eigenvalue weighted by atomic mass is 9.98. The van der Waals surface area contributed by atoms with Crippen molar-refractivity contribution in [3.63, 3.8) is 0 Å². The lowest BCUT2D eigenvalue weighted by Gasteiger charge is -2.33. The zero-order valence-corrected chi connectivity index (χ0v) is 13.7. The van der Waals surface area contributed by atoms with Crippen molar-refractivity contribution in [2.75, 3.05) is 24.6 Å². The van der Waals surface area contributed by atoms with Gasteiger partial charge in [0.25, 0.3) is 0 Å². The van der Waals surface area contributed by atoms with Gasteiger partial charge in [-0.15, -0.1) is 5.10 Å². The molecule has 0 bridgehead atoms. The van der Waals surface area contributed by atoms with E-state index in [1.165, 1.54) is 6.20 Å². The van der Waals surface area contributed by atoms with Crippen LogP contribution in [0.2, 0.25) is 0 Å². The molecular weight excluding hydrogens is 335 g/mol. The molecule has 0 saturated carbocycles. The van der Waals surface area contributed by atoms with Crippen LogP contribution >= 0.6 is 0 Å². The van der Waals surface area contributed by atoms with Crippen LogP contribution in [0.15, 0.2) is 24.5 Å². The van der Waals surface area contributed by atoms with Gasteiger partial charge < -0.3 is 10.0 Å². The Bertz CT molecular complexity index is 703. The summed E-state index contributed by atoms with van der Waals surface area (Å²) >= 11 is 0. The Morgan fingerprint density at radius 2 is 2.16 bits per heavy atom. The average Bonchev–Trinajstić information content (AvgIpc) is 3.02. The first kappa shape index (κ1) is 17.7. The minimum Gasteiger partial charge on any atom is -0.396 e. The van der Waals surface area contributed by atoms with Crippen molar-refractivity contribution in [2.45, 2.75) is 32.0 Å². The van der Waals surface area contributed by atoms with Crippen LogP contribution in [0, 0.1) is 5.92 Å². The fourth-order valence-corrected chi connectivity index (χ4v) is 3.11. The second-order valence-corrected chi connectivity index (χ2v) is 6.26. The topological polar surface area (TPSA) is 67.1 Å². The van der Waals surface area contributed by atoms with E-state index in [2.05, 4.69) is 15.3 Å². The number of nitrogens with zero attached hydrogens (tertiary/aromatic N) is 5. The van der Waals surface area contributed by atoms with Crippen molar-refractivity contribution in [3.8, 4) is 0 Å². The van der Waals surface area contributed by atoms with Gasteiger partial charge in [-0.1, -0.05) is 5.21 Å². The number of alkyl halides is 3. The average molecular weight is 355 g/mol. The van der Waals surface area contributed by atoms with Crippen molar-refractivity contribution in [3.05, 3.63) is 35.8 Å². The molecule has 1 aliphatic heterocycles. The van der Waals surface area contributed by atoms with Crippen molar-refractivity contribution >= 4 is 5.82 Å². The molecule has 0 aliphatic carbocycles. The van der Waals surface area contributed by atoms with E-state index in [1.807, 2.05) is 4.90 Å². The molecule has 0 spiro atoms. The van der Waals surface area contributed by atoms with Crippen LogP contribution in [0.1, 0.15) is 24.1 Å². The highest BCUT2D eigenvalue weighted by atomic mass is 19.4. The van der Waals surface area contributed by atoms with Gasteiger partial charge in [0.15, 0.2) is 0 Å². The number of aromatic nitrogens is 4. The van der Waals surface area contributed by atoms with Crippen molar-refractivity contribution < 1.29 is 18.3 Å². The molecule has 136 valence electrons. The second-order valence-electron chi connectivity index (χ2n) is 6.26. The molecule has 0 amide bonds. The SMILES string of the molecule is OCCc1cn(C[C@H]2CCCN(c3cc(C(F)(F)F)ccn3)C2)nn1. The molecule has 1 aliphatic rings. The van der Waals surface area contributed by atoms with Gasteiger partial charge >= 0.3 is 6.18 Å². The van der Waals surface area contributed by atoms with Gasteiger partial charge in [0.1, 0.15) is 5.82 Å². The summed E-state index contributed by atoms with van der Waals surface area (Å²) in [4.78, 5) is 6.01. The summed E-state index contributed by atoms with van der Waals surface area (Å²) in [6.07, 6.45) is 0.977. The first-order valence-electron chi connectivity index (χ1n) is 8.24. The molecule has 6 nitrogen and oxygen atoms in total. The van der Waals surface area contributed by atoms with E-state index in [9.17, 15) is 13.2 Å². The zero-order valence-electron chi connectivity index (χ0n) is 13.7. The van der Waals surface area contributed by atoms with Crippen LogP contribution in [-0.2, 0) is 19.1 Å². The first-order chi connectivity index (χ1) is 12.0. The van der Waals surface area contributed by atoms with Gasteiger partial charge in [-0.2, -0.15) is 13.2 Å². The van der Waals surface area contributed by atoms with Gasteiger partial charge in [-0.05, 0) is 30.9 Å². The third kappa shape index (κ3) is 4.47. The van der Waals surface area contributed by atoms with E-state index in [-0.39, 0.29) is 12.5 Å². The van der Waals surface area contributed by atoms with Crippen LogP contribution in [0.4, 0.5) is 19.0 Å². The fraction of sp³-hybridized carbons (Fsp3) is 0.562. The van der Waals surface area contributed by atoms with Crippen molar-refractivity contribution in [2.24, 2.45) is 5.92 Å². The maximum absolute atomic E-state index is 12.9. The number of aliphatic hydroxyl groups is 1. The molecule has 1 atom stereocenters. The van der Waals surface area contributed by atoms with E-state index in [1.54, 1.807) is 10.9 Å². The Morgan fingerprint density at radius 3 is 2.92 bits per heavy atom. The van der Waals surface area contributed by atoms with Crippen LogP contribution in [-0.4, -0.2) is 44.8 Å². The normalized spacial score (nSPS) is 18.6. The molecular formula is C16H20F3N5O. The Hall–Kier alpha value is -2.16. The molecule has 2 aromatic heterocycles. The molecule has 3 heterocycles. The molecule has 2 aromatic rings. The van der Waals surface area contributed by atoms with Crippen LogP contribution in [0.3, 0.4) is 0 Å². The van der Waals surface area contributed by atoms with Crippen LogP contribution in [0.25, 0.3) is 0 Å². The van der Waals surface area contributed by atoms with Gasteiger partial charge in [0.05, 0.1) is 11.3 Å². The number of piperidine rings is 1. The lowest BCUT2D eigenvalue weighted by Crippen LogP contribution is -2.37. The van der Waals surface area contributed by atoms with Crippen LogP contribution < -0.4 is 4.90 Å². The van der Waals surface area contributed by atoms with Gasteiger partial charge in [-0.3, -0.25) is 4.68 Å². The molecule has 0 aromatic carbocycles. The first-order valence-corrected chi connectivity index (χ1v) is 8.24. The summed E-state index contributed by atoms with van der Waals surface area (Å²) in [7, 11) is 0. The third-order valence-corrected chi connectivity index (χ3v) is 4.32. The summed E-state index contributed by atoms with van der Waals surface area (Å²) < 4.78 is 40.4. The number of aliphatic hydroxyl groups excluding tert-OH is 1. The number of rotatable bonds is 5. The quantitative estimate of drug-likeness (QED) is 0.890. The lowest BCUT2D eigenvalue weighted by molar-refractivity contribution is -0.137. The van der Waals surface area contributed by atoms with E-state index < -0.39 is 11.7 Å². The number of anilines is 1. The number of halogens is 3. The van der Waals surface area contributed by atoms with Gasteiger partial charge in [0.2, 0.25) is 0 Å². The maximum Gasteiger partial charge on any atom is 0.416 e. The number of hydrogen-bond acceptors (Lipinski definition) is 5. The van der Waals surface area contributed by atoms with E-state index in [4.69, 9.17) is 5.11 Å². The van der Waals surface area contributed by atoms with E-state index in [0.717, 1.165) is 30.7 Å². The maximum atomic E-state index is 12.9. The second kappa shape index (κ2) is 7.38. The number of pyridine rings is 1. The Kier molecular flexibility index (Phi) is 5.22. The fourth-order valence-electron chi connectivity index (χ4n) is 3.11. The predicted octanol–water partition coefficient (Wildman–Crippen LogP) is 2.14. The molecule has 1 N–H and O–H groups in total.